The summed E-state index contributed by atoms with van der Waals surface area (Å²) in [6.07, 6.45) is 1.58. The van der Waals surface area contributed by atoms with Crippen molar-refractivity contribution >= 4 is 6.72 Å². The molecule has 0 bridgehead atoms. The van der Waals surface area contributed by atoms with Gasteiger partial charge in [0.2, 0.25) is 0 Å². The predicted octanol–water partition coefficient (Wildman–Crippen LogP) is 0.677. The van der Waals surface area contributed by atoms with E-state index >= 15 is 0 Å². The van der Waals surface area contributed by atoms with Gasteiger partial charge in [-0.1, -0.05) is 6.58 Å². The summed E-state index contributed by atoms with van der Waals surface area (Å²) in [4.78, 5) is 0. The van der Waals surface area contributed by atoms with Gasteiger partial charge in [-0.2, -0.15) is 5.10 Å². The highest BCUT2D eigenvalue weighted by Gasteiger charge is 1.69. The molecule has 0 aliphatic rings. The lowest BCUT2D eigenvalue weighted by molar-refractivity contribution is 0.497. The van der Waals surface area contributed by atoms with Crippen LogP contribution in [0, 0.1) is 0 Å². The first-order valence-electron chi connectivity index (χ1n) is 1.63. The molecule has 0 fully saturated rings. The molecular formula is C4H8N2. The Hall–Kier alpha value is -0.790. The van der Waals surface area contributed by atoms with Crippen LogP contribution in [0.3, 0.4) is 0 Å². The Morgan fingerprint density at radius 3 is 2.33 bits per heavy atom. The van der Waals surface area contributed by atoms with E-state index in [1.54, 1.807) is 13.2 Å². The summed E-state index contributed by atoms with van der Waals surface area (Å²) < 4.78 is 0. The van der Waals surface area contributed by atoms with Gasteiger partial charge in [-0.25, -0.2) is 0 Å². The molecule has 0 aromatic heterocycles. The monoisotopic (exact) mass is 84.1 g/mol. The SMILES string of the molecule is C=CN(C)N=C. The van der Waals surface area contributed by atoms with E-state index in [1.165, 1.54) is 5.01 Å². The zero-order valence-corrected chi connectivity index (χ0v) is 3.89. The lowest BCUT2D eigenvalue weighted by Gasteiger charge is -1.99. The van der Waals surface area contributed by atoms with Gasteiger partial charge in [-0.05, 0) is 0 Å². The molecule has 0 amide bonds. The minimum atomic E-state index is 1.53. The van der Waals surface area contributed by atoms with E-state index in [0.717, 1.165) is 0 Å². The molecule has 0 radical (unpaired) electrons. The summed E-state index contributed by atoms with van der Waals surface area (Å²) in [6.45, 7) is 6.66. The summed E-state index contributed by atoms with van der Waals surface area (Å²) >= 11 is 0. The first-order chi connectivity index (χ1) is 2.81. The highest BCUT2D eigenvalue weighted by Crippen LogP contribution is 1.75. The molecule has 0 saturated heterocycles. The number of hydrogen-bond donors (Lipinski definition) is 0. The second-order valence-corrected chi connectivity index (χ2v) is 0.898. The fourth-order valence-electron chi connectivity index (χ4n) is 0.0577. The van der Waals surface area contributed by atoms with Gasteiger partial charge in [0, 0.05) is 20.0 Å². The number of hydrogen-bond acceptors (Lipinski definition) is 2. The third kappa shape index (κ3) is 1.52. The van der Waals surface area contributed by atoms with Crippen LogP contribution in [-0.2, 0) is 0 Å². The standard InChI is InChI=1S/C4H8N2/c1-4-6(3)5-2/h4H,1-2H2,3H3. The third-order valence-corrected chi connectivity index (χ3v) is 0.487. The Kier molecular flexibility index (Phi) is 2.13. The molecule has 0 aliphatic carbocycles. The van der Waals surface area contributed by atoms with E-state index in [0.29, 0.717) is 0 Å². The number of hydrazone groups is 1. The van der Waals surface area contributed by atoms with E-state index in [1.807, 2.05) is 0 Å². The molecule has 0 aliphatic heterocycles. The van der Waals surface area contributed by atoms with Gasteiger partial charge in [0.15, 0.2) is 0 Å². The summed E-state index contributed by atoms with van der Waals surface area (Å²) in [6, 6.07) is 0. The van der Waals surface area contributed by atoms with Crippen molar-refractivity contribution in [2.75, 3.05) is 7.05 Å². The van der Waals surface area contributed by atoms with Crippen molar-refractivity contribution in [2.45, 2.75) is 0 Å². The maximum atomic E-state index is 3.47. The minimum absolute atomic E-state index is 1.53. The molecule has 2 heteroatoms. The van der Waals surface area contributed by atoms with Crippen molar-refractivity contribution in [3.63, 3.8) is 0 Å². The second kappa shape index (κ2) is 2.45. The van der Waals surface area contributed by atoms with Crippen LogP contribution in [0.2, 0.25) is 0 Å². The van der Waals surface area contributed by atoms with E-state index in [4.69, 9.17) is 0 Å². The highest BCUT2D eigenvalue weighted by atomic mass is 15.4. The second-order valence-electron chi connectivity index (χ2n) is 0.898. The molecule has 0 saturated carbocycles. The summed E-state index contributed by atoms with van der Waals surface area (Å²) in [5.74, 6) is 0. The molecule has 0 unspecified atom stereocenters. The van der Waals surface area contributed by atoms with Crippen molar-refractivity contribution < 1.29 is 0 Å². The van der Waals surface area contributed by atoms with Crippen LogP contribution in [0.5, 0.6) is 0 Å². The van der Waals surface area contributed by atoms with Crippen molar-refractivity contribution in [3.8, 4) is 0 Å². The van der Waals surface area contributed by atoms with E-state index in [9.17, 15) is 0 Å². The number of rotatable bonds is 2. The highest BCUT2D eigenvalue weighted by molar-refractivity contribution is 5.22. The molecule has 0 aromatic carbocycles. The first-order valence-corrected chi connectivity index (χ1v) is 1.63. The molecule has 0 aromatic rings. The molecule has 0 heterocycles. The topological polar surface area (TPSA) is 15.6 Å². The summed E-state index contributed by atoms with van der Waals surface area (Å²) in [5, 5.41) is 5.00. The van der Waals surface area contributed by atoms with E-state index < -0.39 is 0 Å². The van der Waals surface area contributed by atoms with Crippen LogP contribution in [0.15, 0.2) is 17.9 Å². The molecule has 0 spiro atoms. The average Bonchev–Trinajstić information content (AvgIpc) is 1.65. The van der Waals surface area contributed by atoms with Gasteiger partial charge >= 0.3 is 0 Å². The largest absolute Gasteiger partial charge is 0.277 e. The Bertz CT molecular complexity index is 50.6. The van der Waals surface area contributed by atoms with Crippen molar-refractivity contribution in [3.05, 3.63) is 12.8 Å². The van der Waals surface area contributed by atoms with Gasteiger partial charge in [-0.15, -0.1) is 0 Å². The van der Waals surface area contributed by atoms with Crippen LogP contribution < -0.4 is 0 Å². The molecule has 0 N–H and O–H groups in total. The van der Waals surface area contributed by atoms with Crippen LogP contribution in [-0.4, -0.2) is 18.8 Å². The third-order valence-electron chi connectivity index (χ3n) is 0.487. The summed E-state index contributed by atoms with van der Waals surface area (Å²) in [5.41, 5.74) is 0. The first kappa shape index (κ1) is 5.21. The van der Waals surface area contributed by atoms with Crippen LogP contribution in [0.25, 0.3) is 0 Å². The molecular weight excluding hydrogens is 76.1 g/mol. The van der Waals surface area contributed by atoms with Crippen LogP contribution >= 0.6 is 0 Å². The van der Waals surface area contributed by atoms with Gasteiger partial charge in [0.25, 0.3) is 0 Å². The summed E-state index contributed by atoms with van der Waals surface area (Å²) in [7, 11) is 1.76. The molecule has 6 heavy (non-hydrogen) atoms. The quantitative estimate of drug-likeness (QED) is 0.355. The molecule has 0 atom stereocenters. The lowest BCUT2D eigenvalue weighted by atomic mass is 11.0. The van der Waals surface area contributed by atoms with Gasteiger partial charge in [-0.3, -0.25) is 5.01 Å². The molecule has 34 valence electrons. The fourth-order valence-corrected chi connectivity index (χ4v) is 0.0577. The smallest absolute Gasteiger partial charge is 0.0296 e. The van der Waals surface area contributed by atoms with Crippen LogP contribution in [0.4, 0.5) is 0 Å². The zero-order chi connectivity index (χ0) is 4.99. The maximum absolute atomic E-state index is 3.47. The Balaban J connectivity index is 3.21. The molecule has 0 rings (SSSR count). The Morgan fingerprint density at radius 2 is 2.33 bits per heavy atom. The molecule has 2 nitrogen and oxygen atoms in total. The van der Waals surface area contributed by atoms with E-state index in [-0.39, 0.29) is 0 Å². The van der Waals surface area contributed by atoms with Gasteiger partial charge in [0.1, 0.15) is 0 Å². The van der Waals surface area contributed by atoms with Crippen molar-refractivity contribution in [1.29, 1.82) is 0 Å². The lowest BCUT2D eigenvalue weighted by Crippen LogP contribution is -1.96. The van der Waals surface area contributed by atoms with Gasteiger partial charge < -0.3 is 0 Å². The maximum Gasteiger partial charge on any atom is 0.0296 e. The zero-order valence-electron chi connectivity index (χ0n) is 3.89. The van der Waals surface area contributed by atoms with Gasteiger partial charge in [0.05, 0.1) is 0 Å². The van der Waals surface area contributed by atoms with Crippen molar-refractivity contribution in [2.24, 2.45) is 5.10 Å². The predicted molar refractivity (Wildman–Crippen MR) is 27.5 cm³/mol. The van der Waals surface area contributed by atoms with Crippen molar-refractivity contribution in [1.82, 2.24) is 5.01 Å². The van der Waals surface area contributed by atoms with Crippen LogP contribution in [0.1, 0.15) is 0 Å². The normalized spacial score (nSPS) is 6.83. The van der Waals surface area contributed by atoms with E-state index in [2.05, 4.69) is 18.4 Å². The Labute approximate surface area is 37.8 Å². The average molecular weight is 84.1 g/mol. The Morgan fingerprint density at radius 1 is 1.83 bits per heavy atom. The minimum Gasteiger partial charge on any atom is -0.277 e. The fraction of sp³-hybridized carbons (Fsp3) is 0.250. The number of nitrogens with zero attached hydrogens (tertiary/aromatic N) is 2.